The summed E-state index contributed by atoms with van der Waals surface area (Å²) in [6.07, 6.45) is 0. The summed E-state index contributed by atoms with van der Waals surface area (Å²) in [5.41, 5.74) is 1.63. The highest BCUT2D eigenvalue weighted by Crippen LogP contribution is 2.33. The fourth-order valence-corrected chi connectivity index (χ4v) is 4.79. The van der Waals surface area contributed by atoms with E-state index >= 15 is 0 Å². The number of nitrogens with zero attached hydrogens (tertiary/aromatic N) is 1. The molecule has 1 aromatic carbocycles. The number of benzene rings is 1. The first-order valence-corrected chi connectivity index (χ1v) is 8.78. The molecule has 1 aromatic heterocycles. The molecule has 0 atom stereocenters. The van der Waals surface area contributed by atoms with E-state index in [1.165, 1.54) is 11.3 Å². The van der Waals surface area contributed by atoms with Crippen molar-refractivity contribution in [2.75, 3.05) is 6.54 Å². The smallest absolute Gasteiger partial charge is 0.256 e. The summed E-state index contributed by atoms with van der Waals surface area (Å²) in [4.78, 5) is 14.3. The monoisotopic (exact) mass is 435 g/mol. The number of rotatable bonds is 4. The minimum atomic E-state index is 0.00115. The third-order valence-corrected chi connectivity index (χ3v) is 5.58. The van der Waals surface area contributed by atoms with E-state index in [1.807, 2.05) is 37.3 Å². The molecule has 20 heavy (non-hydrogen) atoms. The van der Waals surface area contributed by atoms with Gasteiger partial charge in [-0.3, -0.25) is 4.79 Å². The molecule has 106 valence electrons. The van der Waals surface area contributed by atoms with Gasteiger partial charge in [-0.15, -0.1) is 11.3 Å². The molecule has 0 aliphatic carbocycles. The maximum absolute atomic E-state index is 12.6. The van der Waals surface area contributed by atoms with Crippen LogP contribution in [0, 0.1) is 0 Å². The van der Waals surface area contributed by atoms with E-state index in [9.17, 15) is 4.79 Å². The number of amides is 1. The average molecular weight is 438 g/mol. The number of thiophene rings is 1. The average Bonchev–Trinajstić information content (AvgIpc) is 2.76. The highest BCUT2D eigenvalue weighted by molar-refractivity contribution is 9.12. The molecule has 1 amide bonds. The summed E-state index contributed by atoms with van der Waals surface area (Å²) in [5.74, 6) is 0.00115. The van der Waals surface area contributed by atoms with Crippen LogP contribution in [0.1, 0.15) is 22.8 Å². The van der Waals surface area contributed by atoms with E-state index in [2.05, 4.69) is 31.9 Å². The maximum atomic E-state index is 12.6. The molecule has 0 unspecified atom stereocenters. The molecule has 0 fully saturated rings. The van der Waals surface area contributed by atoms with Crippen molar-refractivity contribution in [2.24, 2.45) is 0 Å². The molecular formula is C14H12Br2ClNOS. The molecule has 0 N–H and O–H groups in total. The van der Waals surface area contributed by atoms with Gasteiger partial charge in [-0.2, -0.15) is 0 Å². The number of carbonyl (C=O) groups excluding carboxylic acids is 1. The second kappa shape index (κ2) is 7.07. The lowest BCUT2D eigenvalue weighted by molar-refractivity contribution is 0.0752. The lowest BCUT2D eigenvalue weighted by atomic mass is 10.2. The Morgan fingerprint density at radius 3 is 2.60 bits per heavy atom. The molecule has 0 saturated heterocycles. The van der Waals surface area contributed by atoms with E-state index in [0.717, 1.165) is 13.1 Å². The van der Waals surface area contributed by atoms with Gasteiger partial charge in [0, 0.05) is 18.1 Å². The van der Waals surface area contributed by atoms with Gasteiger partial charge < -0.3 is 4.90 Å². The molecule has 0 aliphatic rings. The highest BCUT2D eigenvalue weighted by Gasteiger charge is 2.20. The van der Waals surface area contributed by atoms with E-state index in [0.29, 0.717) is 23.7 Å². The molecular weight excluding hydrogens is 425 g/mol. The highest BCUT2D eigenvalue weighted by atomic mass is 79.9. The van der Waals surface area contributed by atoms with Gasteiger partial charge in [0.1, 0.15) is 0 Å². The van der Waals surface area contributed by atoms with Crippen LogP contribution >= 0.6 is 54.8 Å². The summed E-state index contributed by atoms with van der Waals surface area (Å²) in [7, 11) is 0. The van der Waals surface area contributed by atoms with E-state index in [1.54, 1.807) is 4.90 Å². The Labute approximate surface area is 144 Å². The van der Waals surface area contributed by atoms with Crippen molar-refractivity contribution >= 4 is 60.7 Å². The molecule has 0 spiro atoms. The summed E-state index contributed by atoms with van der Waals surface area (Å²) in [6.45, 7) is 3.10. The largest absolute Gasteiger partial charge is 0.334 e. The Hall–Kier alpha value is -0.360. The molecule has 2 aromatic rings. The van der Waals surface area contributed by atoms with Crippen molar-refractivity contribution in [1.82, 2.24) is 4.90 Å². The molecule has 6 heteroatoms. The zero-order chi connectivity index (χ0) is 14.7. The van der Waals surface area contributed by atoms with Crippen LogP contribution in [-0.2, 0) is 6.54 Å². The topological polar surface area (TPSA) is 20.3 Å². The van der Waals surface area contributed by atoms with Crippen molar-refractivity contribution in [3.8, 4) is 0 Å². The SMILES string of the molecule is CCN(Cc1ccccc1Cl)C(=O)c1cc(Br)sc1Br. The van der Waals surface area contributed by atoms with Crippen LogP contribution in [0.15, 0.2) is 37.9 Å². The zero-order valence-electron chi connectivity index (χ0n) is 10.7. The Morgan fingerprint density at radius 2 is 2.05 bits per heavy atom. The van der Waals surface area contributed by atoms with Crippen molar-refractivity contribution < 1.29 is 4.79 Å². The predicted molar refractivity (Wildman–Crippen MR) is 91.6 cm³/mol. The number of halogens is 3. The van der Waals surface area contributed by atoms with Crippen LogP contribution < -0.4 is 0 Å². The Bertz CT molecular complexity index is 629. The van der Waals surface area contributed by atoms with Crippen molar-refractivity contribution in [2.45, 2.75) is 13.5 Å². The van der Waals surface area contributed by atoms with Crippen LogP contribution in [0.2, 0.25) is 5.02 Å². The zero-order valence-corrected chi connectivity index (χ0v) is 15.4. The molecule has 0 radical (unpaired) electrons. The number of hydrogen-bond donors (Lipinski definition) is 0. The first-order chi connectivity index (χ1) is 9.52. The van der Waals surface area contributed by atoms with Gasteiger partial charge in [0.05, 0.1) is 13.1 Å². The summed E-state index contributed by atoms with van der Waals surface area (Å²) < 4.78 is 1.77. The molecule has 2 nitrogen and oxygen atoms in total. The van der Waals surface area contributed by atoms with Crippen LogP contribution in [-0.4, -0.2) is 17.4 Å². The molecule has 0 bridgehead atoms. The maximum Gasteiger partial charge on any atom is 0.256 e. The van der Waals surface area contributed by atoms with Crippen molar-refractivity contribution in [3.05, 3.63) is 54.1 Å². The summed E-state index contributed by atoms with van der Waals surface area (Å²) in [6, 6.07) is 9.43. The van der Waals surface area contributed by atoms with Gasteiger partial charge in [-0.05, 0) is 56.5 Å². The second-order valence-corrected chi connectivity index (χ2v) is 8.31. The van der Waals surface area contributed by atoms with Crippen molar-refractivity contribution in [3.63, 3.8) is 0 Å². The minimum absolute atomic E-state index is 0.00115. The van der Waals surface area contributed by atoms with Crippen LogP contribution in [0.25, 0.3) is 0 Å². The fourth-order valence-electron chi connectivity index (χ4n) is 1.82. The second-order valence-electron chi connectivity index (χ2n) is 4.15. The summed E-state index contributed by atoms with van der Waals surface area (Å²) in [5, 5.41) is 0.685. The van der Waals surface area contributed by atoms with Gasteiger partial charge in [-0.25, -0.2) is 0 Å². The van der Waals surface area contributed by atoms with Gasteiger partial charge in [-0.1, -0.05) is 29.8 Å². The van der Waals surface area contributed by atoms with E-state index < -0.39 is 0 Å². The Kier molecular flexibility index (Phi) is 5.66. The Balaban J connectivity index is 2.22. The van der Waals surface area contributed by atoms with E-state index in [4.69, 9.17) is 11.6 Å². The first kappa shape index (κ1) is 16.0. The molecule has 0 aliphatic heterocycles. The predicted octanol–water partition coefficient (Wildman–Crippen LogP) is 5.59. The Morgan fingerprint density at radius 1 is 1.35 bits per heavy atom. The lowest BCUT2D eigenvalue weighted by Gasteiger charge is -2.21. The van der Waals surface area contributed by atoms with Gasteiger partial charge in [0.15, 0.2) is 0 Å². The quantitative estimate of drug-likeness (QED) is 0.611. The molecule has 0 saturated carbocycles. The van der Waals surface area contributed by atoms with Crippen LogP contribution in [0.5, 0.6) is 0 Å². The van der Waals surface area contributed by atoms with Crippen LogP contribution in [0.4, 0.5) is 0 Å². The summed E-state index contributed by atoms with van der Waals surface area (Å²) >= 11 is 14.5. The van der Waals surface area contributed by atoms with E-state index in [-0.39, 0.29) is 5.91 Å². The lowest BCUT2D eigenvalue weighted by Crippen LogP contribution is -2.30. The third-order valence-electron chi connectivity index (χ3n) is 2.88. The van der Waals surface area contributed by atoms with Crippen LogP contribution in [0.3, 0.4) is 0 Å². The molecule has 2 rings (SSSR count). The van der Waals surface area contributed by atoms with Crippen molar-refractivity contribution in [1.29, 1.82) is 0 Å². The van der Waals surface area contributed by atoms with Gasteiger partial charge in [0.25, 0.3) is 5.91 Å². The van der Waals surface area contributed by atoms with Gasteiger partial charge >= 0.3 is 0 Å². The molecule has 1 heterocycles. The minimum Gasteiger partial charge on any atom is -0.334 e. The normalized spacial score (nSPS) is 10.6. The standard InChI is InChI=1S/C14H12Br2ClNOS/c1-2-18(8-9-5-3-4-6-11(9)17)14(19)10-7-12(15)20-13(10)16/h3-7H,2,8H2,1H3. The number of hydrogen-bond acceptors (Lipinski definition) is 2. The number of carbonyl (C=O) groups is 1. The first-order valence-electron chi connectivity index (χ1n) is 6.00. The third kappa shape index (κ3) is 3.64. The van der Waals surface area contributed by atoms with Gasteiger partial charge in [0.2, 0.25) is 0 Å². The fraction of sp³-hybridized carbons (Fsp3) is 0.214.